The molecule has 0 saturated carbocycles. The zero-order valence-corrected chi connectivity index (χ0v) is 22.7. The summed E-state index contributed by atoms with van der Waals surface area (Å²) in [6, 6.07) is 51.5. The summed E-state index contributed by atoms with van der Waals surface area (Å²) in [6.07, 6.45) is 0. The Morgan fingerprint density at radius 3 is 1.50 bits per heavy atom. The Bertz CT molecular complexity index is 2380. The summed E-state index contributed by atoms with van der Waals surface area (Å²) in [6.45, 7) is 0. The maximum absolute atomic E-state index is 6.45. The molecule has 9 aromatic rings. The van der Waals surface area contributed by atoms with Gasteiger partial charge in [-0.05, 0) is 62.0 Å². The van der Waals surface area contributed by atoms with Gasteiger partial charge in [0.25, 0.3) is 0 Å². The number of rotatable bonds is 3. The summed E-state index contributed by atoms with van der Waals surface area (Å²) in [7, 11) is 0. The highest BCUT2D eigenvalue weighted by Gasteiger charge is 2.18. The van der Waals surface area contributed by atoms with Crippen LogP contribution < -0.4 is 0 Å². The molecule has 0 radical (unpaired) electrons. The summed E-state index contributed by atoms with van der Waals surface area (Å²) in [5.74, 6) is 0.832. The molecule has 0 spiro atoms. The first-order valence-electron chi connectivity index (χ1n) is 14.3. The van der Waals surface area contributed by atoms with E-state index < -0.39 is 0 Å². The van der Waals surface area contributed by atoms with Crippen molar-refractivity contribution in [2.75, 3.05) is 0 Å². The smallest absolute Gasteiger partial charge is 0.178 e. The van der Waals surface area contributed by atoms with E-state index in [2.05, 4.69) is 127 Å². The molecule has 2 nitrogen and oxygen atoms in total. The fourth-order valence-corrected chi connectivity index (χ4v) is 6.58. The molecule has 196 valence electrons. The van der Waals surface area contributed by atoms with E-state index in [1.807, 2.05) is 18.2 Å². The summed E-state index contributed by atoms with van der Waals surface area (Å²) in [5, 5.41) is 8.23. The van der Waals surface area contributed by atoms with Crippen molar-refractivity contribution in [1.29, 1.82) is 0 Å². The van der Waals surface area contributed by atoms with Crippen LogP contribution in [0.2, 0.25) is 0 Å². The molecular formula is C40H24O2. The van der Waals surface area contributed by atoms with E-state index >= 15 is 0 Å². The van der Waals surface area contributed by atoms with Gasteiger partial charge in [-0.2, -0.15) is 0 Å². The first-order chi connectivity index (χ1) is 20.8. The third-order valence-electron chi connectivity index (χ3n) is 8.48. The Morgan fingerprint density at radius 2 is 0.857 bits per heavy atom. The fourth-order valence-electron chi connectivity index (χ4n) is 6.58. The van der Waals surface area contributed by atoms with Gasteiger partial charge < -0.3 is 8.83 Å². The van der Waals surface area contributed by atoms with Crippen molar-refractivity contribution < 1.29 is 8.83 Å². The van der Waals surface area contributed by atoms with Crippen molar-refractivity contribution in [3.05, 3.63) is 146 Å². The lowest BCUT2D eigenvalue weighted by atomic mass is 9.86. The van der Waals surface area contributed by atoms with Crippen LogP contribution in [0.3, 0.4) is 0 Å². The highest BCUT2D eigenvalue weighted by molar-refractivity contribution is 6.21. The summed E-state index contributed by atoms with van der Waals surface area (Å²) < 4.78 is 12.7. The van der Waals surface area contributed by atoms with Gasteiger partial charge >= 0.3 is 0 Å². The molecule has 0 unspecified atom stereocenters. The minimum absolute atomic E-state index is 0.788. The third-order valence-corrected chi connectivity index (χ3v) is 8.48. The predicted octanol–water partition coefficient (Wildman–Crippen LogP) is 11.6. The molecule has 0 atom stereocenters. The zero-order chi connectivity index (χ0) is 27.6. The molecule has 0 saturated heterocycles. The Balaban J connectivity index is 1.21. The maximum atomic E-state index is 6.45. The number of hydrogen-bond donors (Lipinski definition) is 0. The van der Waals surface area contributed by atoms with Crippen molar-refractivity contribution in [2.24, 2.45) is 0 Å². The van der Waals surface area contributed by atoms with Crippen LogP contribution in [0, 0.1) is 0 Å². The van der Waals surface area contributed by atoms with Gasteiger partial charge in [-0.3, -0.25) is 0 Å². The van der Waals surface area contributed by atoms with E-state index in [-0.39, 0.29) is 0 Å². The molecule has 0 aliphatic carbocycles. The van der Waals surface area contributed by atoms with E-state index in [9.17, 15) is 0 Å². The Morgan fingerprint density at radius 1 is 0.333 bits per heavy atom. The van der Waals surface area contributed by atoms with Gasteiger partial charge in [0.05, 0.1) is 0 Å². The predicted molar refractivity (Wildman–Crippen MR) is 175 cm³/mol. The number of fused-ring (bicyclic) bond motifs is 7. The van der Waals surface area contributed by atoms with Gasteiger partial charge in [-0.15, -0.1) is 0 Å². The van der Waals surface area contributed by atoms with Gasteiger partial charge in [-0.25, -0.2) is 0 Å². The standard InChI is InChI=1S/C40H24O2/c1-2-10-26(11-3-1)37-30-13-4-6-15-32(30)38(33-16-7-5-14-31(33)37)27-20-18-25(19-21-27)36-24-28-22-23-34-29-12-8-9-17-35(29)41-40(34)39(28)42-36/h1-24H. The molecule has 9 rings (SSSR count). The topological polar surface area (TPSA) is 26.3 Å². The number of furan rings is 2. The van der Waals surface area contributed by atoms with Crippen LogP contribution in [0.4, 0.5) is 0 Å². The molecule has 0 bridgehead atoms. The summed E-state index contributed by atoms with van der Waals surface area (Å²) >= 11 is 0. The molecule has 0 fully saturated rings. The van der Waals surface area contributed by atoms with E-state index in [0.717, 1.165) is 44.2 Å². The van der Waals surface area contributed by atoms with Crippen LogP contribution in [0.1, 0.15) is 0 Å². The maximum Gasteiger partial charge on any atom is 0.178 e. The van der Waals surface area contributed by atoms with Gasteiger partial charge in [0.15, 0.2) is 11.2 Å². The lowest BCUT2D eigenvalue weighted by Crippen LogP contribution is -1.90. The van der Waals surface area contributed by atoms with E-state index in [0.29, 0.717) is 0 Å². The average molecular weight is 537 g/mol. The highest BCUT2D eigenvalue weighted by atomic mass is 16.4. The van der Waals surface area contributed by atoms with Crippen LogP contribution in [0.25, 0.3) is 88.0 Å². The molecule has 7 aromatic carbocycles. The molecule has 2 heteroatoms. The molecule has 0 N–H and O–H groups in total. The quantitative estimate of drug-likeness (QED) is 0.210. The van der Waals surface area contributed by atoms with Crippen molar-refractivity contribution in [2.45, 2.75) is 0 Å². The number of hydrogen-bond acceptors (Lipinski definition) is 2. The number of benzene rings is 7. The van der Waals surface area contributed by atoms with Gasteiger partial charge in [-0.1, -0.05) is 127 Å². The second-order valence-corrected chi connectivity index (χ2v) is 10.9. The van der Waals surface area contributed by atoms with Gasteiger partial charge in [0.1, 0.15) is 11.3 Å². The minimum Gasteiger partial charge on any atom is -0.452 e. The molecule has 2 heterocycles. The SMILES string of the molecule is c1ccc(-c2c3ccccc3c(-c3ccc(-c4cc5ccc6c7ccccc7oc6c5o4)cc3)c3ccccc23)cc1. The van der Waals surface area contributed by atoms with Crippen LogP contribution in [-0.4, -0.2) is 0 Å². The van der Waals surface area contributed by atoms with Crippen molar-refractivity contribution in [3.63, 3.8) is 0 Å². The molecule has 42 heavy (non-hydrogen) atoms. The normalized spacial score (nSPS) is 11.8. The fraction of sp³-hybridized carbons (Fsp3) is 0. The Labute approximate surface area is 242 Å². The lowest BCUT2D eigenvalue weighted by molar-refractivity contribution is 0.611. The third kappa shape index (κ3) is 3.39. The molecular weight excluding hydrogens is 512 g/mol. The van der Waals surface area contributed by atoms with Crippen LogP contribution in [0.5, 0.6) is 0 Å². The highest BCUT2D eigenvalue weighted by Crippen LogP contribution is 2.44. The van der Waals surface area contributed by atoms with Gasteiger partial charge in [0, 0.05) is 21.7 Å². The minimum atomic E-state index is 0.788. The molecule has 2 aromatic heterocycles. The summed E-state index contributed by atoms with van der Waals surface area (Å²) in [4.78, 5) is 0. The lowest BCUT2D eigenvalue weighted by Gasteiger charge is -2.17. The zero-order valence-electron chi connectivity index (χ0n) is 22.7. The first kappa shape index (κ1) is 23.1. The van der Waals surface area contributed by atoms with Crippen molar-refractivity contribution in [3.8, 4) is 33.6 Å². The Hall–Kier alpha value is -5.60. The van der Waals surface area contributed by atoms with E-state index in [4.69, 9.17) is 8.83 Å². The van der Waals surface area contributed by atoms with E-state index in [1.54, 1.807) is 0 Å². The largest absolute Gasteiger partial charge is 0.452 e. The van der Waals surface area contributed by atoms with Crippen LogP contribution in [-0.2, 0) is 0 Å². The molecule has 0 aliphatic rings. The first-order valence-corrected chi connectivity index (χ1v) is 14.3. The van der Waals surface area contributed by atoms with E-state index in [1.165, 1.54) is 43.8 Å². The van der Waals surface area contributed by atoms with Crippen molar-refractivity contribution in [1.82, 2.24) is 0 Å². The number of para-hydroxylation sites is 1. The van der Waals surface area contributed by atoms with Crippen LogP contribution >= 0.6 is 0 Å². The monoisotopic (exact) mass is 536 g/mol. The average Bonchev–Trinajstić information content (AvgIpc) is 3.66. The molecule has 0 aliphatic heterocycles. The van der Waals surface area contributed by atoms with Gasteiger partial charge in [0.2, 0.25) is 0 Å². The Kier molecular flexibility index (Phi) is 4.93. The van der Waals surface area contributed by atoms with Crippen LogP contribution in [0.15, 0.2) is 154 Å². The van der Waals surface area contributed by atoms with Crippen molar-refractivity contribution >= 4 is 54.5 Å². The second-order valence-electron chi connectivity index (χ2n) is 10.9. The second kappa shape index (κ2) is 8.95. The molecule has 0 amide bonds. The summed E-state index contributed by atoms with van der Waals surface area (Å²) in [5.41, 5.74) is 8.44.